The molecule has 0 amide bonds. The average molecular weight is 517 g/mol. The van der Waals surface area contributed by atoms with Crippen molar-refractivity contribution in [2.45, 2.75) is 118 Å². The van der Waals surface area contributed by atoms with E-state index in [1.807, 2.05) is 12.1 Å². The minimum absolute atomic E-state index is 0.123. The summed E-state index contributed by atoms with van der Waals surface area (Å²) in [6, 6.07) is 13.4. The number of hydrogen-bond acceptors (Lipinski definition) is 4. The van der Waals surface area contributed by atoms with Gasteiger partial charge in [0.05, 0.1) is 0 Å². The Morgan fingerprint density at radius 3 is 1.05 bits per heavy atom. The zero-order valence-corrected chi connectivity index (χ0v) is 25.6. The van der Waals surface area contributed by atoms with E-state index in [9.17, 15) is 10.2 Å². The van der Waals surface area contributed by atoms with E-state index in [1.165, 1.54) is 0 Å². The third kappa shape index (κ3) is 7.64. The predicted octanol–water partition coefficient (Wildman–Crippen LogP) is 7.09. The van der Waals surface area contributed by atoms with Crippen LogP contribution >= 0.6 is 0 Å². The summed E-state index contributed by atoms with van der Waals surface area (Å²) in [4.78, 5) is 0. The topological polar surface area (TPSA) is 64.5 Å². The molecule has 0 aliphatic rings. The Morgan fingerprint density at radius 2 is 0.789 bits per heavy atom. The SMILES string of the molecule is CC(C)(C)c1c(O)ccc(CC#CNNC#CCc2ccc(O)c(C(C)(C)C)c2C(C)(C)C)c1C(C)(C)C. The first-order valence-electron chi connectivity index (χ1n) is 13.4. The second-order valence-corrected chi connectivity index (χ2v) is 14.2. The molecular formula is C34H48N2O2. The van der Waals surface area contributed by atoms with Gasteiger partial charge in [0, 0.05) is 36.1 Å². The molecule has 0 aliphatic carbocycles. The smallest absolute Gasteiger partial charge is 0.119 e. The van der Waals surface area contributed by atoms with Gasteiger partial charge in [0.25, 0.3) is 0 Å². The molecule has 0 saturated carbocycles. The van der Waals surface area contributed by atoms with Crippen LogP contribution in [-0.4, -0.2) is 10.2 Å². The molecule has 4 N–H and O–H groups in total. The van der Waals surface area contributed by atoms with E-state index >= 15 is 0 Å². The molecule has 206 valence electrons. The minimum atomic E-state index is -0.177. The van der Waals surface area contributed by atoms with Gasteiger partial charge in [0.1, 0.15) is 11.5 Å². The summed E-state index contributed by atoms with van der Waals surface area (Å²) in [5, 5.41) is 21.3. The summed E-state index contributed by atoms with van der Waals surface area (Å²) in [7, 11) is 0. The number of phenolic OH excluding ortho intramolecular Hbond substituents is 2. The lowest BCUT2D eigenvalue weighted by atomic mass is 9.72. The van der Waals surface area contributed by atoms with Crippen molar-refractivity contribution in [2.24, 2.45) is 0 Å². The van der Waals surface area contributed by atoms with Crippen LogP contribution in [0, 0.1) is 23.9 Å². The number of rotatable bonds is 3. The van der Waals surface area contributed by atoms with Crippen LogP contribution < -0.4 is 10.9 Å². The monoisotopic (exact) mass is 516 g/mol. The van der Waals surface area contributed by atoms with Crippen LogP contribution in [-0.2, 0) is 34.5 Å². The van der Waals surface area contributed by atoms with Crippen molar-refractivity contribution >= 4 is 0 Å². The Bertz CT molecular complexity index is 1170. The molecule has 0 atom stereocenters. The molecule has 4 nitrogen and oxygen atoms in total. The van der Waals surface area contributed by atoms with Crippen LogP contribution in [0.4, 0.5) is 0 Å². The van der Waals surface area contributed by atoms with Gasteiger partial charge >= 0.3 is 0 Å². The van der Waals surface area contributed by atoms with Crippen molar-refractivity contribution in [3.8, 4) is 35.4 Å². The first-order valence-corrected chi connectivity index (χ1v) is 13.4. The minimum Gasteiger partial charge on any atom is -0.508 e. The van der Waals surface area contributed by atoms with Crippen molar-refractivity contribution in [1.29, 1.82) is 0 Å². The van der Waals surface area contributed by atoms with Gasteiger partial charge in [-0.1, -0.05) is 107 Å². The zero-order valence-electron chi connectivity index (χ0n) is 25.6. The van der Waals surface area contributed by atoms with Gasteiger partial charge in [-0.25, -0.2) is 0 Å². The fraction of sp³-hybridized carbons (Fsp3) is 0.529. The summed E-state index contributed by atoms with van der Waals surface area (Å²) in [6.07, 6.45) is 1.13. The highest BCUT2D eigenvalue weighted by atomic mass is 16.3. The van der Waals surface area contributed by atoms with Crippen LogP contribution in [0.25, 0.3) is 0 Å². The lowest BCUT2D eigenvalue weighted by Gasteiger charge is -2.32. The van der Waals surface area contributed by atoms with E-state index in [-0.39, 0.29) is 21.7 Å². The lowest BCUT2D eigenvalue weighted by Crippen LogP contribution is -2.24. The Kier molecular flexibility index (Phi) is 9.17. The van der Waals surface area contributed by atoms with Gasteiger partial charge in [-0.3, -0.25) is 10.9 Å². The van der Waals surface area contributed by atoms with Crippen LogP contribution in [0.5, 0.6) is 11.5 Å². The van der Waals surface area contributed by atoms with Gasteiger partial charge in [0.2, 0.25) is 0 Å². The maximum atomic E-state index is 10.6. The molecule has 38 heavy (non-hydrogen) atoms. The molecule has 0 heterocycles. The highest BCUT2D eigenvalue weighted by Crippen LogP contribution is 2.42. The van der Waals surface area contributed by atoms with Crippen LogP contribution in [0.3, 0.4) is 0 Å². The number of nitrogens with one attached hydrogen (secondary N) is 2. The summed E-state index contributed by atoms with van der Waals surface area (Å²) in [5.41, 5.74) is 11.7. The summed E-state index contributed by atoms with van der Waals surface area (Å²) >= 11 is 0. The van der Waals surface area contributed by atoms with Crippen LogP contribution in [0.15, 0.2) is 24.3 Å². The van der Waals surface area contributed by atoms with E-state index < -0.39 is 0 Å². The highest BCUT2D eigenvalue weighted by molar-refractivity contribution is 5.53. The quantitative estimate of drug-likeness (QED) is 0.152. The normalized spacial score (nSPS) is 12.2. The van der Waals surface area contributed by atoms with Crippen LogP contribution in [0.2, 0.25) is 0 Å². The number of phenols is 2. The second-order valence-electron chi connectivity index (χ2n) is 14.2. The van der Waals surface area contributed by atoms with Crippen molar-refractivity contribution < 1.29 is 10.2 Å². The van der Waals surface area contributed by atoms with Gasteiger partial charge in [-0.05, 0) is 56.0 Å². The molecule has 0 spiro atoms. The fourth-order valence-corrected chi connectivity index (χ4v) is 5.23. The van der Waals surface area contributed by atoms with E-state index in [0.29, 0.717) is 24.3 Å². The molecule has 2 rings (SSSR count). The number of benzene rings is 2. The average Bonchev–Trinajstić information content (AvgIpc) is 2.73. The molecule has 0 bridgehead atoms. The standard InChI is InChI=1S/C34H48N2O2/c1-31(2,3)27-23(17-19-25(37)29(27)33(7,8)9)15-13-21-35-36-22-14-16-24-18-20-26(38)30(34(10,11)12)28(24)32(4,5)6/h17-20,35-38H,15-16H2,1-12H3. The molecule has 0 unspecified atom stereocenters. The first-order chi connectivity index (χ1) is 17.3. The van der Waals surface area contributed by atoms with E-state index in [2.05, 4.69) is 118 Å². The summed E-state index contributed by atoms with van der Waals surface area (Å²) < 4.78 is 0. The largest absolute Gasteiger partial charge is 0.508 e. The summed E-state index contributed by atoms with van der Waals surface area (Å²) in [6.45, 7) is 25.8. The molecule has 2 aromatic carbocycles. The van der Waals surface area contributed by atoms with Gasteiger partial charge < -0.3 is 10.2 Å². The highest BCUT2D eigenvalue weighted by Gasteiger charge is 2.31. The van der Waals surface area contributed by atoms with E-state index in [4.69, 9.17) is 0 Å². The maximum absolute atomic E-state index is 10.6. The van der Waals surface area contributed by atoms with Crippen molar-refractivity contribution in [3.63, 3.8) is 0 Å². The third-order valence-electron chi connectivity index (χ3n) is 6.46. The van der Waals surface area contributed by atoms with E-state index in [0.717, 1.165) is 33.4 Å². The van der Waals surface area contributed by atoms with Gasteiger partial charge in [-0.15, -0.1) is 0 Å². The molecule has 4 heteroatoms. The third-order valence-corrected chi connectivity index (χ3v) is 6.46. The Labute approximate surface area is 231 Å². The number of hydrogen-bond donors (Lipinski definition) is 4. The second kappa shape index (κ2) is 11.2. The fourth-order valence-electron chi connectivity index (χ4n) is 5.23. The van der Waals surface area contributed by atoms with Crippen molar-refractivity contribution in [3.05, 3.63) is 57.6 Å². The molecule has 2 aromatic rings. The Balaban J connectivity index is 2.17. The number of hydrazine groups is 1. The maximum Gasteiger partial charge on any atom is 0.119 e. The summed E-state index contributed by atoms with van der Waals surface area (Å²) in [5.74, 6) is 7.04. The predicted molar refractivity (Wildman–Crippen MR) is 160 cm³/mol. The van der Waals surface area contributed by atoms with E-state index in [1.54, 1.807) is 12.1 Å². The lowest BCUT2D eigenvalue weighted by molar-refractivity contribution is 0.434. The van der Waals surface area contributed by atoms with Crippen LogP contribution in [0.1, 0.15) is 116 Å². The molecule has 0 radical (unpaired) electrons. The van der Waals surface area contributed by atoms with Crippen molar-refractivity contribution in [1.82, 2.24) is 10.9 Å². The zero-order chi connectivity index (χ0) is 29.1. The molecular weight excluding hydrogens is 468 g/mol. The Hall–Kier alpha value is -3.24. The van der Waals surface area contributed by atoms with Gasteiger partial charge in [-0.2, -0.15) is 0 Å². The molecule has 0 fully saturated rings. The molecule has 0 saturated heterocycles. The number of aromatic hydroxyl groups is 2. The molecule has 0 aliphatic heterocycles. The molecule has 0 aromatic heterocycles. The van der Waals surface area contributed by atoms with Crippen molar-refractivity contribution in [2.75, 3.05) is 0 Å². The first kappa shape index (κ1) is 31.0. The Morgan fingerprint density at radius 1 is 0.500 bits per heavy atom. The van der Waals surface area contributed by atoms with Gasteiger partial charge in [0.15, 0.2) is 0 Å².